The first-order chi connectivity index (χ1) is 13.1. The van der Waals surface area contributed by atoms with Crippen LogP contribution in [0.5, 0.6) is 5.75 Å². The maximum absolute atomic E-state index is 13.1. The third-order valence-corrected chi connectivity index (χ3v) is 5.79. The molecule has 1 aliphatic heterocycles. The van der Waals surface area contributed by atoms with Crippen LogP contribution in [0.4, 0.5) is 4.79 Å². The SMILES string of the molecule is CCc1ccc(OC[C@H](O)CN2C(=O)N[C@]3(C[C@H](C)CC(C)(C)C3)C2=O)cc1. The number of rotatable bonds is 6. The molecule has 1 spiro atoms. The first-order valence-electron chi connectivity index (χ1n) is 10.2. The summed E-state index contributed by atoms with van der Waals surface area (Å²) in [4.78, 5) is 26.8. The van der Waals surface area contributed by atoms with Crippen LogP contribution in [0, 0.1) is 11.3 Å². The number of urea groups is 1. The molecule has 28 heavy (non-hydrogen) atoms. The molecule has 2 fully saturated rings. The van der Waals surface area contributed by atoms with E-state index in [9.17, 15) is 14.7 Å². The summed E-state index contributed by atoms with van der Waals surface area (Å²) < 4.78 is 5.62. The van der Waals surface area contributed by atoms with Crippen LogP contribution in [0.1, 0.15) is 52.5 Å². The van der Waals surface area contributed by atoms with Gasteiger partial charge < -0.3 is 15.2 Å². The molecule has 0 bridgehead atoms. The van der Waals surface area contributed by atoms with E-state index in [4.69, 9.17) is 4.74 Å². The molecule has 1 aliphatic carbocycles. The minimum absolute atomic E-state index is 0.0109. The zero-order chi connectivity index (χ0) is 20.5. The van der Waals surface area contributed by atoms with Crippen LogP contribution in [0.3, 0.4) is 0 Å². The molecule has 2 N–H and O–H groups in total. The number of amides is 3. The van der Waals surface area contributed by atoms with Gasteiger partial charge in [-0.25, -0.2) is 4.79 Å². The summed E-state index contributed by atoms with van der Waals surface area (Å²) in [5.41, 5.74) is 0.361. The standard InChI is InChI=1S/C22H32N2O4/c1-5-16-6-8-18(9-7-16)28-13-17(25)12-24-19(26)22(23-20(24)27)11-15(2)10-21(3,4)14-22/h6-9,15,17,25H,5,10-14H2,1-4H3,(H,23,27)/t15-,17-,22+/m1/s1. The number of aliphatic hydroxyl groups is 1. The third kappa shape index (κ3) is 4.32. The van der Waals surface area contributed by atoms with Crippen molar-refractivity contribution in [2.75, 3.05) is 13.2 Å². The van der Waals surface area contributed by atoms with Gasteiger partial charge in [0.15, 0.2) is 0 Å². The number of benzene rings is 1. The number of aryl methyl sites for hydroxylation is 1. The largest absolute Gasteiger partial charge is 0.491 e. The van der Waals surface area contributed by atoms with Crippen molar-refractivity contribution in [1.82, 2.24) is 10.2 Å². The summed E-state index contributed by atoms with van der Waals surface area (Å²) in [6.07, 6.45) is 2.32. The molecule has 3 rings (SSSR count). The van der Waals surface area contributed by atoms with Gasteiger partial charge in [-0.1, -0.05) is 39.8 Å². The third-order valence-electron chi connectivity index (χ3n) is 5.79. The Morgan fingerprint density at radius 1 is 1.25 bits per heavy atom. The highest BCUT2D eigenvalue weighted by Crippen LogP contribution is 2.46. The van der Waals surface area contributed by atoms with Crippen LogP contribution >= 0.6 is 0 Å². The Labute approximate surface area is 167 Å². The van der Waals surface area contributed by atoms with E-state index in [1.54, 1.807) is 0 Å². The van der Waals surface area contributed by atoms with E-state index < -0.39 is 17.7 Å². The Bertz CT molecular complexity index is 731. The van der Waals surface area contributed by atoms with E-state index in [-0.39, 0.29) is 24.5 Å². The van der Waals surface area contributed by atoms with Crippen molar-refractivity contribution in [2.24, 2.45) is 11.3 Å². The number of hydrogen-bond donors (Lipinski definition) is 2. The quantitative estimate of drug-likeness (QED) is 0.734. The molecule has 154 valence electrons. The normalized spacial score (nSPS) is 27.8. The fourth-order valence-electron chi connectivity index (χ4n) is 4.95. The van der Waals surface area contributed by atoms with Gasteiger partial charge in [-0.3, -0.25) is 9.69 Å². The summed E-state index contributed by atoms with van der Waals surface area (Å²) in [5, 5.41) is 13.3. The van der Waals surface area contributed by atoms with E-state index in [0.29, 0.717) is 24.5 Å². The Hall–Kier alpha value is -2.08. The molecule has 1 aromatic rings. The van der Waals surface area contributed by atoms with Gasteiger partial charge in [0.25, 0.3) is 5.91 Å². The van der Waals surface area contributed by atoms with Crippen molar-refractivity contribution < 1.29 is 19.4 Å². The Kier molecular flexibility index (Phi) is 5.71. The van der Waals surface area contributed by atoms with Crippen molar-refractivity contribution in [2.45, 2.75) is 65.0 Å². The first kappa shape index (κ1) is 20.6. The summed E-state index contributed by atoms with van der Waals surface area (Å²) in [6.45, 7) is 8.44. The fourth-order valence-corrected chi connectivity index (χ4v) is 4.95. The molecule has 1 aromatic carbocycles. The first-order valence-corrected chi connectivity index (χ1v) is 10.2. The van der Waals surface area contributed by atoms with Crippen LogP contribution < -0.4 is 10.1 Å². The molecule has 0 aromatic heterocycles. The number of nitrogens with zero attached hydrogens (tertiary/aromatic N) is 1. The minimum atomic E-state index is -0.940. The van der Waals surface area contributed by atoms with Crippen molar-refractivity contribution >= 4 is 11.9 Å². The van der Waals surface area contributed by atoms with E-state index in [2.05, 4.69) is 33.0 Å². The van der Waals surface area contributed by atoms with Crippen molar-refractivity contribution in [1.29, 1.82) is 0 Å². The molecule has 3 amide bonds. The van der Waals surface area contributed by atoms with Crippen LogP contribution in [0.25, 0.3) is 0 Å². The van der Waals surface area contributed by atoms with Gasteiger partial charge in [-0.2, -0.15) is 0 Å². The summed E-state index contributed by atoms with van der Waals surface area (Å²) in [5.74, 6) is 0.795. The van der Waals surface area contributed by atoms with Gasteiger partial charge in [-0.05, 0) is 54.7 Å². The summed E-state index contributed by atoms with van der Waals surface area (Å²) >= 11 is 0. The topological polar surface area (TPSA) is 78.9 Å². The van der Waals surface area contributed by atoms with Gasteiger partial charge in [0.2, 0.25) is 0 Å². The highest BCUT2D eigenvalue weighted by Gasteiger charge is 2.56. The number of imide groups is 1. The smallest absolute Gasteiger partial charge is 0.325 e. The lowest BCUT2D eigenvalue weighted by molar-refractivity contribution is -0.135. The molecule has 0 unspecified atom stereocenters. The average Bonchev–Trinajstić information content (AvgIpc) is 2.82. The number of hydrogen-bond acceptors (Lipinski definition) is 4. The van der Waals surface area contributed by atoms with Gasteiger partial charge in [-0.15, -0.1) is 0 Å². The lowest BCUT2D eigenvalue weighted by Gasteiger charge is -2.43. The second-order valence-corrected chi connectivity index (χ2v) is 9.24. The fraction of sp³-hybridized carbons (Fsp3) is 0.636. The number of aliphatic hydroxyl groups excluding tert-OH is 1. The van der Waals surface area contributed by atoms with Gasteiger partial charge in [0, 0.05) is 0 Å². The zero-order valence-electron chi connectivity index (χ0n) is 17.3. The van der Waals surface area contributed by atoms with E-state index >= 15 is 0 Å². The maximum atomic E-state index is 13.1. The van der Waals surface area contributed by atoms with Crippen LogP contribution in [0.15, 0.2) is 24.3 Å². The number of ether oxygens (including phenoxy) is 1. The molecule has 1 saturated heterocycles. The average molecular weight is 389 g/mol. The van der Waals surface area contributed by atoms with Crippen molar-refractivity contribution in [3.8, 4) is 5.75 Å². The van der Waals surface area contributed by atoms with E-state index in [1.807, 2.05) is 24.3 Å². The second-order valence-electron chi connectivity index (χ2n) is 9.24. The van der Waals surface area contributed by atoms with E-state index in [1.165, 1.54) is 5.56 Å². The molecule has 6 heteroatoms. The molecule has 2 aliphatic rings. The lowest BCUT2D eigenvalue weighted by atomic mass is 9.64. The zero-order valence-corrected chi connectivity index (χ0v) is 17.3. The highest BCUT2D eigenvalue weighted by atomic mass is 16.5. The minimum Gasteiger partial charge on any atom is -0.491 e. The lowest BCUT2D eigenvalue weighted by Crippen LogP contribution is -2.54. The maximum Gasteiger partial charge on any atom is 0.325 e. The predicted molar refractivity (Wildman–Crippen MR) is 107 cm³/mol. The monoisotopic (exact) mass is 388 g/mol. The Balaban J connectivity index is 1.60. The Morgan fingerprint density at radius 3 is 2.54 bits per heavy atom. The van der Waals surface area contributed by atoms with Gasteiger partial charge >= 0.3 is 6.03 Å². The van der Waals surface area contributed by atoms with Gasteiger partial charge in [0.1, 0.15) is 24.0 Å². The van der Waals surface area contributed by atoms with Crippen LogP contribution in [-0.2, 0) is 11.2 Å². The molecule has 3 atom stereocenters. The second kappa shape index (κ2) is 7.74. The van der Waals surface area contributed by atoms with Crippen molar-refractivity contribution in [3.05, 3.63) is 29.8 Å². The molecule has 1 heterocycles. The molecule has 1 saturated carbocycles. The molecular formula is C22H32N2O4. The molecule has 0 radical (unpaired) electrons. The Morgan fingerprint density at radius 2 is 1.93 bits per heavy atom. The van der Waals surface area contributed by atoms with Crippen LogP contribution in [-0.4, -0.2) is 46.7 Å². The van der Waals surface area contributed by atoms with Crippen molar-refractivity contribution in [3.63, 3.8) is 0 Å². The summed E-state index contributed by atoms with van der Waals surface area (Å²) in [7, 11) is 0. The van der Waals surface area contributed by atoms with Crippen LogP contribution in [0.2, 0.25) is 0 Å². The van der Waals surface area contributed by atoms with E-state index in [0.717, 1.165) is 17.7 Å². The number of carbonyl (C=O) groups is 2. The number of carbonyl (C=O) groups excluding carboxylic acids is 2. The summed E-state index contributed by atoms with van der Waals surface area (Å²) in [6, 6.07) is 7.27. The van der Waals surface area contributed by atoms with Gasteiger partial charge in [0.05, 0.1) is 6.54 Å². The highest BCUT2D eigenvalue weighted by molar-refractivity contribution is 6.07. The molecular weight excluding hydrogens is 356 g/mol. The molecule has 6 nitrogen and oxygen atoms in total. The number of β-amino-alcohol motifs (C(OH)–C–C–N with tert-alkyl or cyclic N) is 1. The number of nitrogens with one attached hydrogen (secondary N) is 1. The predicted octanol–water partition coefficient (Wildman–Crippen LogP) is 3.13.